The van der Waals surface area contributed by atoms with Crippen LogP contribution in [0.2, 0.25) is 0 Å². The third-order valence-electron chi connectivity index (χ3n) is 3.15. The lowest BCUT2D eigenvalue weighted by Gasteiger charge is -2.04. The van der Waals surface area contributed by atoms with Crippen molar-refractivity contribution >= 4 is 16.7 Å². The Bertz CT molecular complexity index is 795. The number of benzene rings is 1. The molecule has 0 amide bonds. The van der Waals surface area contributed by atoms with Gasteiger partial charge in [0, 0.05) is 41.1 Å². The van der Waals surface area contributed by atoms with Crippen LogP contribution in [0.15, 0.2) is 42.9 Å². The Morgan fingerprint density at radius 3 is 2.90 bits per heavy atom. The molecule has 0 radical (unpaired) electrons. The van der Waals surface area contributed by atoms with Crippen molar-refractivity contribution in [2.75, 3.05) is 7.11 Å². The Hall–Kier alpha value is -2.69. The van der Waals surface area contributed by atoms with Gasteiger partial charge in [0.2, 0.25) is 0 Å². The minimum absolute atomic E-state index is 0.00977. The molecule has 0 aliphatic rings. The molecule has 0 aliphatic heterocycles. The van der Waals surface area contributed by atoms with Crippen LogP contribution >= 0.6 is 0 Å². The first-order valence-corrected chi connectivity index (χ1v) is 6.00. The molecule has 1 N–H and O–H groups in total. The minimum Gasteiger partial charge on any atom is -0.497 e. The van der Waals surface area contributed by atoms with E-state index in [4.69, 9.17) is 4.74 Å². The molecule has 2 heterocycles. The Balaban J connectivity index is 2.09. The fourth-order valence-corrected chi connectivity index (χ4v) is 2.10. The number of ether oxygens (including phenoxy) is 1. The smallest absolute Gasteiger partial charge is 0.198 e. The molecule has 0 saturated heterocycles. The molecule has 1 aromatic carbocycles. The fraction of sp³-hybridized carbons (Fsp3) is 0.0667. The maximum Gasteiger partial charge on any atom is 0.198 e. The molecule has 0 fully saturated rings. The summed E-state index contributed by atoms with van der Waals surface area (Å²) in [6, 6.07) is 5.94. The SMILES string of the molecule is COc1ccc(C(=O)c2c[nH]c3ccncc23)c(F)c1. The number of nitrogens with one attached hydrogen (secondary N) is 1. The van der Waals surface area contributed by atoms with Crippen LogP contribution < -0.4 is 4.74 Å². The van der Waals surface area contributed by atoms with E-state index in [1.165, 1.54) is 19.2 Å². The summed E-state index contributed by atoms with van der Waals surface area (Å²) >= 11 is 0. The van der Waals surface area contributed by atoms with Crippen LogP contribution in [0.4, 0.5) is 4.39 Å². The van der Waals surface area contributed by atoms with Gasteiger partial charge < -0.3 is 9.72 Å². The lowest BCUT2D eigenvalue weighted by Crippen LogP contribution is -2.04. The van der Waals surface area contributed by atoms with E-state index in [0.717, 1.165) is 5.52 Å². The number of pyridine rings is 1. The quantitative estimate of drug-likeness (QED) is 0.744. The van der Waals surface area contributed by atoms with Crippen molar-refractivity contribution in [3.05, 3.63) is 59.8 Å². The molecular formula is C15H11FN2O2. The summed E-state index contributed by atoms with van der Waals surface area (Å²) in [6.07, 6.45) is 4.78. The topological polar surface area (TPSA) is 55.0 Å². The van der Waals surface area contributed by atoms with Crippen LogP contribution in [0.3, 0.4) is 0 Å². The average Bonchev–Trinajstić information content (AvgIpc) is 2.90. The number of aromatic nitrogens is 2. The van der Waals surface area contributed by atoms with Crippen LogP contribution in [0.25, 0.3) is 10.9 Å². The molecule has 4 nitrogen and oxygen atoms in total. The summed E-state index contributed by atoms with van der Waals surface area (Å²) in [5.74, 6) is -0.614. The maximum atomic E-state index is 14.0. The summed E-state index contributed by atoms with van der Waals surface area (Å²) in [6.45, 7) is 0. The van der Waals surface area contributed by atoms with Gasteiger partial charge in [-0.05, 0) is 18.2 Å². The van der Waals surface area contributed by atoms with Crippen molar-refractivity contribution in [2.24, 2.45) is 0 Å². The van der Waals surface area contributed by atoms with E-state index in [9.17, 15) is 9.18 Å². The predicted octanol–water partition coefficient (Wildman–Crippen LogP) is 2.94. The highest BCUT2D eigenvalue weighted by molar-refractivity contribution is 6.16. The van der Waals surface area contributed by atoms with Crippen molar-refractivity contribution in [1.82, 2.24) is 9.97 Å². The molecule has 0 unspecified atom stereocenters. The summed E-state index contributed by atoms with van der Waals surface area (Å²) in [5, 5.41) is 0.674. The van der Waals surface area contributed by atoms with Crippen molar-refractivity contribution in [1.29, 1.82) is 0 Å². The number of carbonyl (C=O) groups excluding carboxylic acids is 1. The molecule has 3 rings (SSSR count). The van der Waals surface area contributed by atoms with Gasteiger partial charge in [0.15, 0.2) is 5.78 Å². The molecule has 5 heteroatoms. The van der Waals surface area contributed by atoms with Gasteiger partial charge in [0.1, 0.15) is 11.6 Å². The molecule has 100 valence electrons. The molecule has 0 saturated carbocycles. The largest absolute Gasteiger partial charge is 0.497 e. The Morgan fingerprint density at radius 1 is 1.30 bits per heavy atom. The van der Waals surface area contributed by atoms with Crippen LogP contribution in [0.1, 0.15) is 15.9 Å². The van der Waals surface area contributed by atoms with Crippen LogP contribution in [-0.4, -0.2) is 22.9 Å². The summed E-state index contributed by atoms with van der Waals surface area (Å²) in [7, 11) is 1.45. The number of aromatic amines is 1. The highest BCUT2D eigenvalue weighted by Gasteiger charge is 2.18. The minimum atomic E-state index is -0.604. The van der Waals surface area contributed by atoms with E-state index in [0.29, 0.717) is 16.7 Å². The lowest BCUT2D eigenvalue weighted by molar-refractivity contribution is 0.103. The van der Waals surface area contributed by atoms with Gasteiger partial charge in [-0.15, -0.1) is 0 Å². The van der Waals surface area contributed by atoms with Crippen LogP contribution in [-0.2, 0) is 0 Å². The van der Waals surface area contributed by atoms with E-state index < -0.39 is 5.82 Å². The maximum absolute atomic E-state index is 14.0. The molecule has 2 aromatic heterocycles. The third kappa shape index (κ3) is 1.93. The third-order valence-corrected chi connectivity index (χ3v) is 3.15. The number of rotatable bonds is 3. The average molecular weight is 270 g/mol. The Labute approximate surface area is 114 Å². The molecule has 0 bridgehead atoms. The number of fused-ring (bicyclic) bond motifs is 1. The number of hydrogen-bond acceptors (Lipinski definition) is 3. The Morgan fingerprint density at radius 2 is 2.15 bits per heavy atom. The van der Waals surface area contributed by atoms with Gasteiger partial charge in [0.05, 0.1) is 12.7 Å². The molecule has 0 spiro atoms. The van der Waals surface area contributed by atoms with Gasteiger partial charge >= 0.3 is 0 Å². The number of nitrogens with zero attached hydrogens (tertiary/aromatic N) is 1. The van der Waals surface area contributed by atoms with E-state index in [1.807, 2.05) is 0 Å². The Kier molecular flexibility index (Phi) is 2.95. The highest BCUT2D eigenvalue weighted by atomic mass is 19.1. The van der Waals surface area contributed by atoms with E-state index >= 15 is 0 Å². The van der Waals surface area contributed by atoms with E-state index in [2.05, 4.69) is 9.97 Å². The number of methoxy groups -OCH3 is 1. The standard InChI is InChI=1S/C15H11FN2O2/c1-20-9-2-3-10(13(16)6-9)15(19)12-8-18-14-4-5-17-7-11(12)14/h2-8,18H,1H3. The molecule has 20 heavy (non-hydrogen) atoms. The first-order chi connectivity index (χ1) is 9.70. The van der Waals surface area contributed by atoms with Gasteiger partial charge in [-0.3, -0.25) is 9.78 Å². The zero-order chi connectivity index (χ0) is 14.1. The first kappa shape index (κ1) is 12.3. The van der Waals surface area contributed by atoms with Crippen molar-refractivity contribution < 1.29 is 13.9 Å². The second-order valence-corrected chi connectivity index (χ2v) is 4.30. The van der Waals surface area contributed by atoms with Gasteiger partial charge in [-0.25, -0.2) is 4.39 Å². The number of H-pyrrole nitrogens is 1. The van der Waals surface area contributed by atoms with Crippen LogP contribution in [0, 0.1) is 5.82 Å². The lowest BCUT2D eigenvalue weighted by atomic mass is 10.0. The number of ketones is 1. The fourth-order valence-electron chi connectivity index (χ4n) is 2.10. The molecule has 0 atom stereocenters. The van der Waals surface area contributed by atoms with Gasteiger partial charge in [0.25, 0.3) is 0 Å². The van der Waals surface area contributed by atoms with E-state index in [1.54, 1.807) is 30.7 Å². The number of halogens is 1. The van der Waals surface area contributed by atoms with Crippen LogP contribution in [0.5, 0.6) is 5.75 Å². The first-order valence-electron chi connectivity index (χ1n) is 6.00. The highest BCUT2D eigenvalue weighted by Crippen LogP contribution is 2.23. The monoisotopic (exact) mass is 270 g/mol. The van der Waals surface area contributed by atoms with Crippen molar-refractivity contribution in [3.63, 3.8) is 0 Å². The van der Waals surface area contributed by atoms with Crippen molar-refractivity contribution in [2.45, 2.75) is 0 Å². The van der Waals surface area contributed by atoms with Crippen molar-refractivity contribution in [3.8, 4) is 5.75 Å². The van der Waals surface area contributed by atoms with Gasteiger partial charge in [-0.1, -0.05) is 0 Å². The molecule has 3 aromatic rings. The van der Waals surface area contributed by atoms with E-state index in [-0.39, 0.29) is 11.3 Å². The molecule has 0 aliphatic carbocycles. The normalized spacial score (nSPS) is 10.7. The zero-order valence-corrected chi connectivity index (χ0v) is 10.7. The van der Waals surface area contributed by atoms with Gasteiger partial charge in [-0.2, -0.15) is 0 Å². The second-order valence-electron chi connectivity index (χ2n) is 4.30. The summed E-state index contributed by atoms with van der Waals surface area (Å²) in [4.78, 5) is 19.4. The second kappa shape index (κ2) is 4.77. The number of hydrogen-bond donors (Lipinski definition) is 1. The predicted molar refractivity (Wildman–Crippen MR) is 72.5 cm³/mol. The summed E-state index contributed by atoms with van der Waals surface area (Å²) in [5.41, 5.74) is 1.20. The zero-order valence-electron chi connectivity index (χ0n) is 10.7. The summed E-state index contributed by atoms with van der Waals surface area (Å²) < 4.78 is 18.9. The molecular weight excluding hydrogens is 259 g/mol. The number of carbonyl (C=O) groups is 1.